The first-order chi connectivity index (χ1) is 11.1. The number of hydrogen-bond donors (Lipinski definition) is 0. The molecule has 1 atom stereocenters. The van der Waals surface area contributed by atoms with Crippen molar-refractivity contribution in [3.05, 3.63) is 70.8 Å². The maximum atomic E-state index is 14.0. The fourth-order valence-corrected chi connectivity index (χ4v) is 2.59. The van der Waals surface area contributed by atoms with E-state index in [0.717, 1.165) is 6.07 Å². The zero-order valence-electron chi connectivity index (χ0n) is 12.1. The highest BCUT2D eigenvalue weighted by Gasteiger charge is 2.37. The lowest BCUT2D eigenvalue weighted by Crippen LogP contribution is -2.27. The summed E-state index contributed by atoms with van der Waals surface area (Å²) in [6.07, 6.45) is 0.107. The summed E-state index contributed by atoms with van der Waals surface area (Å²) in [5, 5.41) is 27.9. The normalized spacial score (nSPS) is 12.5. The Bertz CT molecular complexity index is 839. The largest absolute Gasteiger partial charge is 0.207 e. The van der Waals surface area contributed by atoms with Gasteiger partial charge >= 0.3 is 0 Å². The van der Waals surface area contributed by atoms with E-state index < -0.39 is 17.0 Å². The molecule has 0 spiro atoms. The molecule has 23 heavy (non-hydrogen) atoms. The fraction of sp³-hybridized carbons (Fsp3) is 0.167. The van der Waals surface area contributed by atoms with Crippen LogP contribution in [-0.4, -0.2) is 0 Å². The molecule has 2 rings (SSSR count). The molecule has 112 valence electrons. The highest BCUT2D eigenvalue weighted by molar-refractivity contribution is 5.53. The number of rotatable bonds is 4. The summed E-state index contributed by atoms with van der Waals surface area (Å²) >= 11 is 0. The van der Waals surface area contributed by atoms with Gasteiger partial charge in [0.2, 0.25) is 0 Å². The van der Waals surface area contributed by atoms with Crippen LogP contribution in [0.3, 0.4) is 0 Å². The average molecular weight is 307 g/mol. The third-order valence-corrected chi connectivity index (χ3v) is 3.72. The SMILES string of the molecule is N#CCC[C@](C#N)(c1ccc(F)cc1)c1cccc(F)c1C#N. The Balaban J connectivity index is 2.76. The Morgan fingerprint density at radius 2 is 1.65 bits per heavy atom. The molecular weight excluding hydrogens is 296 g/mol. The van der Waals surface area contributed by atoms with Gasteiger partial charge in [0.1, 0.15) is 23.1 Å². The Kier molecular flexibility index (Phi) is 4.69. The van der Waals surface area contributed by atoms with Crippen LogP contribution in [0.15, 0.2) is 42.5 Å². The van der Waals surface area contributed by atoms with Gasteiger partial charge in [-0.1, -0.05) is 24.3 Å². The first kappa shape index (κ1) is 16.1. The van der Waals surface area contributed by atoms with Crippen molar-refractivity contribution in [1.82, 2.24) is 0 Å². The van der Waals surface area contributed by atoms with Gasteiger partial charge in [0.15, 0.2) is 0 Å². The second-order valence-electron chi connectivity index (χ2n) is 4.96. The second-order valence-corrected chi connectivity index (χ2v) is 4.96. The minimum atomic E-state index is -1.39. The quantitative estimate of drug-likeness (QED) is 0.858. The van der Waals surface area contributed by atoms with Crippen molar-refractivity contribution in [1.29, 1.82) is 15.8 Å². The van der Waals surface area contributed by atoms with Crippen molar-refractivity contribution in [3.63, 3.8) is 0 Å². The number of benzene rings is 2. The smallest absolute Gasteiger partial charge is 0.141 e. The molecule has 0 fully saturated rings. The van der Waals surface area contributed by atoms with Crippen molar-refractivity contribution >= 4 is 0 Å². The van der Waals surface area contributed by atoms with Gasteiger partial charge in [-0.05, 0) is 35.7 Å². The van der Waals surface area contributed by atoms with Gasteiger partial charge in [-0.2, -0.15) is 15.8 Å². The van der Waals surface area contributed by atoms with E-state index in [0.29, 0.717) is 5.56 Å². The van der Waals surface area contributed by atoms with Crippen LogP contribution in [0.2, 0.25) is 0 Å². The molecular formula is C18H11F2N3. The van der Waals surface area contributed by atoms with Crippen molar-refractivity contribution < 1.29 is 8.78 Å². The molecule has 0 bridgehead atoms. The average Bonchev–Trinajstić information content (AvgIpc) is 2.57. The number of nitrogens with zero attached hydrogens (tertiary/aromatic N) is 3. The van der Waals surface area contributed by atoms with E-state index in [1.807, 2.05) is 6.07 Å². The van der Waals surface area contributed by atoms with Gasteiger partial charge in [0, 0.05) is 6.42 Å². The van der Waals surface area contributed by atoms with Gasteiger partial charge in [-0.25, -0.2) is 8.78 Å². The predicted octanol–water partition coefficient (Wildman–Crippen LogP) is 3.95. The summed E-state index contributed by atoms with van der Waals surface area (Å²) in [6.45, 7) is 0. The highest BCUT2D eigenvalue weighted by atomic mass is 19.1. The van der Waals surface area contributed by atoms with E-state index in [4.69, 9.17) is 5.26 Å². The van der Waals surface area contributed by atoms with E-state index in [-0.39, 0.29) is 24.0 Å². The molecule has 0 N–H and O–H groups in total. The Hall–Kier alpha value is -3.23. The van der Waals surface area contributed by atoms with E-state index in [9.17, 15) is 19.3 Å². The standard InChI is InChI=1S/C18H11F2N3/c19-14-7-5-13(6-8-14)18(12-23,9-2-10-21)16-3-1-4-17(20)15(16)11-22/h1,3-8H,2,9H2/t18-/m0/s1. The fourth-order valence-electron chi connectivity index (χ4n) is 2.59. The summed E-state index contributed by atoms with van der Waals surface area (Å²) in [4.78, 5) is 0. The van der Waals surface area contributed by atoms with Gasteiger partial charge < -0.3 is 0 Å². The van der Waals surface area contributed by atoms with E-state index >= 15 is 0 Å². The van der Waals surface area contributed by atoms with Crippen molar-refractivity contribution in [3.8, 4) is 18.2 Å². The lowest BCUT2D eigenvalue weighted by Gasteiger charge is -2.28. The third-order valence-electron chi connectivity index (χ3n) is 3.72. The summed E-state index contributed by atoms with van der Waals surface area (Å²) < 4.78 is 27.2. The van der Waals surface area contributed by atoms with Crippen molar-refractivity contribution in [2.75, 3.05) is 0 Å². The lowest BCUT2D eigenvalue weighted by atomic mass is 9.71. The number of hydrogen-bond acceptors (Lipinski definition) is 3. The third kappa shape index (κ3) is 2.89. The molecule has 5 heteroatoms. The molecule has 2 aromatic rings. The highest BCUT2D eigenvalue weighted by Crippen LogP contribution is 2.38. The summed E-state index contributed by atoms with van der Waals surface area (Å²) in [5.41, 5.74) is -1.03. The van der Waals surface area contributed by atoms with Crippen LogP contribution in [0.5, 0.6) is 0 Å². The molecule has 2 aromatic carbocycles. The van der Waals surface area contributed by atoms with Gasteiger partial charge in [0.05, 0.1) is 17.7 Å². The maximum absolute atomic E-state index is 14.0. The van der Waals surface area contributed by atoms with Crippen LogP contribution >= 0.6 is 0 Å². The van der Waals surface area contributed by atoms with Crippen LogP contribution in [0.25, 0.3) is 0 Å². The molecule has 0 saturated carbocycles. The van der Waals surface area contributed by atoms with Crippen LogP contribution in [0.4, 0.5) is 8.78 Å². The second kappa shape index (κ2) is 6.69. The summed E-state index contributed by atoms with van der Waals surface area (Å²) in [7, 11) is 0. The Labute approximate surface area is 132 Å². The molecule has 0 saturated heterocycles. The van der Waals surface area contributed by atoms with E-state index in [2.05, 4.69) is 6.07 Å². The number of halogens is 2. The summed E-state index contributed by atoms with van der Waals surface area (Å²) in [5.74, 6) is -1.20. The molecule has 0 heterocycles. The van der Waals surface area contributed by atoms with Gasteiger partial charge in [0.25, 0.3) is 0 Å². The van der Waals surface area contributed by atoms with Gasteiger partial charge in [-0.3, -0.25) is 0 Å². The van der Waals surface area contributed by atoms with Crippen LogP contribution in [0.1, 0.15) is 29.5 Å². The Morgan fingerprint density at radius 3 is 2.22 bits per heavy atom. The van der Waals surface area contributed by atoms with Gasteiger partial charge in [-0.15, -0.1) is 0 Å². The van der Waals surface area contributed by atoms with E-state index in [1.165, 1.54) is 36.4 Å². The molecule has 0 amide bonds. The minimum absolute atomic E-state index is 0.0340. The minimum Gasteiger partial charge on any atom is -0.207 e. The molecule has 0 aromatic heterocycles. The Morgan fingerprint density at radius 1 is 0.957 bits per heavy atom. The summed E-state index contributed by atoms with van der Waals surface area (Å²) in [6, 6.07) is 15.1. The first-order valence-corrected chi connectivity index (χ1v) is 6.82. The van der Waals surface area contributed by atoms with Crippen LogP contribution < -0.4 is 0 Å². The maximum Gasteiger partial charge on any atom is 0.141 e. The van der Waals surface area contributed by atoms with Crippen LogP contribution in [0, 0.1) is 45.6 Å². The molecule has 0 radical (unpaired) electrons. The molecule has 0 aliphatic carbocycles. The topological polar surface area (TPSA) is 71.4 Å². The first-order valence-electron chi connectivity index (χ1n) is 6.82. The predicted molar refractivity (Wildman–Crippen MR) is 78.8 cm³/mol. The van der Waals surface area contributed by atoms with Crippen LogP contribution in [-0.2, 0) is 5.41 Å². The zero-order chi connectivity index (χ0) is 16.9. The molecule has 3 nitrogen and oxygen atoms in total. The zero-order valence-corrected chi connectivity index (χ0v) is 12.1. The molecule has 0 aliphatic rings. The number of nitriles is 3. The van der Waals surface area contributed by atoms with E-state index in [1.54, 1.807) is 6.07 Å². The molecule has 0 unspecified atom stereocenters. The molecule has 0 aliphatic heterocycles. The van der Waals surface area contributed by atoms with Crippen molar-refractivity contribution in [2.24, 2.45) is 0 Å². The monoisotopic (exact) mass is 307 g/mol. The van der Waals surface area contributed by atoms with Crippen molar-refractivity contribution in [2.45, 2.75) is 18.3 Å². The lowest BCUT2D eigenvalue weighted by molar-refractivity contribution is 0.577.